The Kier molecular flexibility index (Phi) is 9.17. The molecule has 1 N–H and O–H groups in total. The Morgan fingerprint density at radius 3 is 2.66 bits per heavy atom. The van der Waals surface area contributed by atoms with Crippen molar-refractivity contribution in [2.45, 2.75) is 32.0 Å². The first-order valence-electron chi connectivity index (χ1n) is 12.5. The van der Waals surface area contributed by atoms with Crippen LogP contribution in [0.4, 0.5) is 24.8 Å². The van der Waals surface area contributed by atoms with Crippen LogP contribution in [0.2, 0.25) is 0 Å². The van der Waals surface area contributed by atoms with Crippen molar-refractivity contribution in [3.63, 3.8) is 0 Å². The molecule has 1 fully saturated rings. The highest BCUT2D eigenvalue weighted by molar-refractivity contribution is 5.95. The number of amides is 1. The Hall–Kier alpha value is -4.53. The van der Waals surface area contributed by atoms with E-state index in [1.54, 1.807) is 6.07 Å². The number of halogens is 3. The first kappa shape index (κ1) is 29.5. The lowest BCUT2D eigenvalue weighted by Gasteiger charge is -2.19. The summed E-state index contributed by atoms with van der Waals surface area (Å²) in [6.07, 6.45) is 5.71. The van der Waals surface area contributed by atoms with Gasteiger partial charge in [0.2, 0.25) is 5.95 Å². The van der Waals surface area contributed by atoms with Gasteiger partial charge in [-0.25, -0.2) is 28.1 Å². The third kappa shape index (κ3) is 6.80. The fourth-order valence-corrected chi connectivity index (χ4v) is 4.34. The Labute approximate surface area is 234 Å². The summed E-state index contributed by atoms with van der Waals surface area (Å²) in [6.45, 7) is 3.50. The predicted octanol–water partition coefficient (Wildman–Crippen LogP) is 3.74. The summed E-state index contributed by atoms with van der Waals surface area (Å²) < 4.78 is 54.1. The van der Waals surface area contributed by atoms with E-state index in [0.29, 0.717) is 16.9 Å². The van der Waals surface area contributed by atoms with Crippen LogP contribution in [-0.2, 0) is 24.4 Å². The molecule has 2 aromatic heterocycles. The van der Waals surface area contributed by atoms with Gasteiger partial charge in [0.1, 0.15) is 5.69 Å². The smallest absolute Gasteiger partial charge is 0.267 e. The molecular formula is C26H30F3N9O3. The maximum atomic E-state index is 15.2. The number of ether oxygens (including phenoxy) is 2. The molecule has 0 atom stereocenters. The van der Waals surface area contributed by atoms with Gasteiger partial charge in [-0.3, -0.25) is 9.48 Å². The maximum Gasteiger partial charge on any atom is 0.267 e. The van der Waals surface area contributed by atoms with Gasteiger partial charge >= 0.3 is 0 Å². The van der Waals surface area contributed by atoms with Crippen LogP contribution in [0.3, 0.4) is 0 Å². The average molecular weight is 574 g/mol. The van der Waals surface area contributed by atoms with Gasteiger partial charge in [0.25, 0.3) is 11.8 Å². The Morgan fingerprint density at radius 2 is 2.05 bits per heavy atom. The first-order valence-corrected chi connectivity index (χ1v) is 12.5. The highest BCUT2D eigenvalue weighted by Gasteiger charge is 2.39. The molecule has 1 aromatic carbocycles. The van der Waals surface area contributed by atoms with Gasteiger partial charge in [-0.1, -0.05) is 11.8 Å². The molecule has 1 aliphatic heterocycles. The van der Waals surface area contributed by atoms with E-state index >= 15 is 4.39 Å². The number of benzene rings is 1. The quantitative estimate of drug-likeness (QED) is 0.257. The fraction of sp³-hybridized carbons (Fsp3) is 0.385. The molecule has 12 nitrogen and oxygen atoms in total. The number of rotatable bonds is 12. The van der Waals surface area contributed by atoms with Crippen LogP contribution in [0.25, 0.3) is 0 Å². The lowest BCUT2D eigenvalue weighted by molar-refractivity contribution is 0.0256. The highest BCUT2D eigenvalue weighted by Crippen LogP contribution is 2.31. The van der Waals surface area contributed by atoms with Crippen molar-refractivity contribution in [2.24, 2.45) is 10.3 Å². The summed E-state index contributed by atoms with van der Waals surface area (Å²) >= 11 is 0. The largest absolute Gasteiger partial charge is 0.494 e. The van der Waals surface area contributed by atoms with Gasteiger partial charge < -0.3 is 19.7 Å². The number of aromatic nitrogens is 4. The molecule has 0 aliphatic carbocycles. The van der Waals surface area contributed by atoms with Gasteiger partial charge in [0, 0.05) is 62.5 Å². The predicted molar refractivity (Wildman–Crippen MR) is 143 cm³/mol. The van der Waals surface area contributed by atoms with E-state index in [2.05, 4.69) is 37.3 Å². The number of anilines is 2. The number of hydrogen-bond donors (Lipinski definition) is 1. The molecule has 0 unspecified atom stereocenters. The zero-order chi connectivity index (χ0) is 29.6. The molecule has 218 valence electrons. The number of hydrogen-bond acceptors (Lipinski definition) is 9. The van der Waals surface area contributed by atoms with E-state index in [1.165, 1.54) is 66.7 Å². The normalized spacial score (nSPS) is 14.4. The van der Waals surface area contributed by atoms with Gasteiger partial charge in [-0.2, -0.15) is 10.2 Å². The molecular weight excluding hydrogens is 543 g/mol. The summed E-state index contributed by atoms with van der Waals surface area (Å²) in [6, 6.07) is 3.02. The minimum Gasteiger partial charge on any atom is -0.494 e. The van der Waals surface area contributed by atoms with Crippen LogP contribution >= 0.6 is 0 Å². The van der Waals surface area contributed by atoms with Crippen LogP contribution in [0.5, 0.6) is 5.75 Å². The molecule has 0 spiro atoms. The van der Waals surface area contributed by atoms with Crippen LogP contribution in [0.1, 0.15) is 33.6 Å². The molecule has 1 aliphatic rings. The van der Waals surface area contributed by atoms with Crippen LogP contribution in [0.15, 0.2) is 53.8 Å². The SMILES string of the molecule is C=CN(/N=N\C)c1ccc(OC)c(F)c1CNC(=O)c1cn(Cc2cnc(N3CCC(F)(F)C3)nc2)nc1COC. The minimum atomic E-state index is -2.75. The molecule has 1 amide bonds. The molecule has 41 heavy (non-hydrogen) atoms. The van der Waals surface area contributed by atoms with E-state index in [0.717, 1.165) is 0 Å². The van der Waals surface area contributed by atoms with Crippen molar-refractivity contribution in [1.82, 2.24) is 25.1 Å². The highest BCUT2D eigenvalue weighted by atomic mass is 19.3. The topological polar surface area (TPSA) is 122 Å². The molecule has 0 saturated carbocycles. The third-order valence-electron chi connectivity index (χ3n) is 6.29. The maximum absolute atomic E-state index is 15.2. The summed E-state index contributed by atoms with van der Waals surface area (Å²) in [5, 5.41) is 16.1. The Morgan fingerprint density at radius 1 is 1.29 bits per heavy atom. The molecule has 0 radical (unpaired) electrons. The Bertz CT molecular complexity index is 1410. The molecule has 4 rings (SSSR count). The summed E-state index contributed by atoms with van der Waals surface area (Å²) in [4.78, 5) is 23.1. The van der Waals surface area contributed by atoms with Crippen LogP contribution < -0.4 is 20.0 Å². The third-order valence-corrected chi connectivity index (χ3v) is 6.29. The van der Waals surface area contributed by atoms with Crippen LogP contribution in [-0.4, -0.2) is 65.9 Å². The Balaban J connectivity index is 1.51. The van der Waals surface area contributed by atoms with Crippen molar-refractivity contribution >= 4 is 17.5 Å². The van der Waals surface area contributed by atoms with Crippen LogP contribution in [0, 0.1) is 5.82 Å². The monoisotopic (exact) mass is 573 g/mol. The number of methoxy groups -OCH3 is 2. The molecule has 3 heterocycles. The van der Waals surface area contributed by atoms with Crippen molar-refractivity contribution < 1.29 is 27.4 Å². The zero-order valence-corrected chi connectivity index (χ0v) is 22.9. The summed E-state index contributed by atoms with van der Waals surface area (Å²) in [5.74, 6) is -3.71. The minimum absolute atomic E-state index is 0.00461. The number of nitrogens with zero attached hydrogens (tertiary/aromatic N) is 8. The summed E-state index contributed by atoms with van der Waals surface area (Å²) in [7, 11) is 4.27. The number of alkyl halides is 2. The number of carbonyl (C=O) groups excluding carboxylic acids is 1. The van der Waals surface area contributed by atoms with E-state index in [4.69, 9.17) is 9.47 Å². The van der Waals surface area contributed by atoms with Crippen molar-refractivity contribution in [2.75, 3.05) is 44.3 Å². The molecule has 0 bridgehead atoms. The van der Waals surface area contributed by atoms with Crippen molar-refractivity contribution in [3.8, 4) is 5.75 Å². The number of carbonyl (C=O) groups is 1. The van der Waals surface area contributed by atoms with E-state index in [-0.39, 0.29) is 55.5 Å². The van der Waals surface area contributed by atoms with Gasteiger partial charge in [0.15, 0.2) is 11.6 Å². The summed E-state index contributed by atoms with van der Waals surface area (Å²) in [5.41, 5.74) is 1.66. The number of nitrogens with one attached hydrogen (secondary N) is 1. The van der Waals surface area contributed by atoms with E-state index < -0.39 is 24.2 Å². The second-order valence-electron chi connectivity index (χ2n) is 9.12. The molecule has 15 heteroatoms. The van der Waals surface area contributed by atoms with Gasteiger partial charge in [0.05, 0.1) is 45.1 Å². The van der Waals surface area contributed by atoms with E-state index in [9.17, 15) is 13.6 Å². The van der Waals surface area contributed by atoms with Crippen molar-refractivity contribution in [1.29, 1.82) is 0 Å². The van der Waals surface area contributed by atoms with Gasteiger partial charge in [-0.15, -0.1) is 0 Å². The fourth-order valence-electron chi connectivity index (χ4n) is 4.34. The zero-order valence-electron chi connectivity index (χ0n) is 22.9. The lowest BCUT2D eigenvalue weighted by atomic mass is 10.1. The average Bonchev–Trinajstić information content (AvgIpc) is 3.53. The van der Waals surface area contributed by atoms with Crippen molar-refractivity contribution in [3.05, 3.63) is 71.7 Å². The second kappa shape index (κ2) is 12.8. The molecule has 1 saturated heterocycles. The van der Waals surface area contributed by atoms with E-state index in [1.807, 2.05) is 0 Å². The standard InChI is InChI=1S/C26H30F3N9O3/c1-5-38(35-30-2)21-6-7-22(41-4)23(27)18(21)12-31-24(39)19-14-37(34-20(19)15-40-3)13-17-10-32-25(33-11-17)36-9-8-26(28,29)16-36/h5-7,10-11,14H,1,8-9,12-13,15-16H2,2-4H3,(H,31,39)/b35-30-. The lowest BCUT2D eigenvalue weighted by Crippen LogP contribution is -2.26. The van der Waals surface area contributed by atoms with Gasteiger partial charge in [-0.05, 0) is 12.1 Å². The first-order chi connectivity index (χ1) is 19.7. The molecule has 3 aromatic rings. The second-order valence-corrected chi connectivity index (χ2v) is 9.12.